The molecule has 1 radical (unpaired) electrons. The highest BCUT2D eigenvalue weighted by molar-refractivity contribution is 5.42. The van der Waals surface area contributed by atoms with E-state index in [1.807, 2.05) is 33.8 Å². The van der Waals surface area contributed by atoms with Gasteiger partial charge in [0.05, 0.1) is 5.56 Å². The van der Waals surface area contributed by atoms with Crippen LogP contribution in [0.3, 0.4) is 0 Å². The van der Waals surface area contributed by atoms with Gasteiger partial charge in [-0.1, -0.05) is 59.6 Å². The van der Waals surface area contributed by atoms with Gasteiger partial charge in [0, 0.05) is 5.92 Å². The first-order valence-corrected chi connectivity index (χ1v) is 7.12. The highest BCUT2D eigenvalue weighted by Crippen LogP contribution is 2.39. The molecule has 1 aromatic rings. The van der Waals surface area contributed by atoms with Crippen molar-refractivity contribution in [2.75, 3.05) is 0 Å². The molecule has 0 aliphatic rings. The van der Waals surface area contributed by atoms with Gasteiger partial charge in [0.15, 0.2) is 0 Å². The molecule has 0 atom stereocenters. The highest BCUT2D eigenvalue weighted by atomic mass is 19.4. The summed E-state index contributed by atoms with van der Waals surface area (Å²) in [6.45, 7) is 9.43. The second kappa shape index (κ2) is 6.19. The summed E-state index contributed by atoms with van der Waals surface area (Å²) in [6.07, 6.45) is -1.40. The highest BCUT2D eigenvalue weighted by Gasteiger charge is 2.36. The molecule has 1 rings (SSSR count). The van der Waals surface area contributed by atoms with Gasteiger partial charge in [0.2, 0.25) is 0 Å². The van der Waals surface area contributed by atoms with Crippen LogP contribution >= 0.6 is 0 Å². The maximum Gasteiger partial charge on any atom is 0.416 e. The van der Waals surface area contributed by atoms with Crippen LogP contribution in [-0.2, 0) is 11.6 Å². The van der Waals surface area contributed by atoms with Crippen LogP contribution in [0.5, 0.6) is 0 Å². The Kier molecular flexibility index (Phi) is 5.28. The molecule has 0 nitrogen and oxygen atoms in total. The zero-order valence-electron chi connectivity index (χ0n) is 13.0. The molecule has 0 fully saturated rings. The molecule has 20 heavy (non-hydrogen) atoms. The zero-order chi connectivity index (χ0) is 15.6. The van der Waals surface area contributed by atoms with E-state index in [1.165, 1.54) is 6.07 Å². The Labute approximate surface area is 120 Å². The number of unbranched alkanes of at least 4 members (excludes halogenated alkanes) is 1. The quantitative estimate of drug-likeness (QED) is 0.623. The maximum absolute atomic E-state index is 13.3. The first kappa shape index (κ1) is 17.1. The molecule has 0 saturated heterocycles. The third kappa shape index (κ3) is 4.26. The molecule has 0 unspecified atom stereocenters. The van der Waals surface area contributed by atoms with Crippen molar-refractivity contribution < 1.29 is 13.2 Å². The summed E-state index contributed by atoms with van der Waals surface area (Å²) in [5, 5.41) is 0. The second-order valence-corrected chi connectivity index (χ2v) is 6.39. The number of hydrogen-bond acceptors (Lipinski definition) is 0. The smallest absolute Gasteiger partial charge is 0.166 e. The van der Waals surface area contributed by atoms with E-state index in [0.717, 1.165) is 25.2 Å². The molecule has 0 saturated carbocycles. The normalized spacial score (nSPS) is 13.1. The average molecular weight is 285 g/mol. The zero-order valence-corrected chi connectivity index (χ0v) is 13.0. The van der Waals surface area contributed by atoms with E-state index >= 15 is 0 Å². The van der Waals surface area contributed by atoms with Crippen molar-refractivity contribution in [1.82, 2.24) is 0 Å². The molecule has 0 aliphatic heterocycles. The predicted octanol–water partition coefficient (Wildman–Crippen LogP) is 6.14. The Morgan fingerprint density at radius 1 is 1.05 bits per heavy atom. The van der Waals surface area contributed by atoms with Gasteiger partial charge < -0.3 is 0 Å². The van der Waals surface area contributed by atoms with Crippen molar-refractivity contribution in [3.05, 3.63) is 40.8 Å². The lowest BCUT2D eigenvalue weighted by atomic mass is 9.81. The van der Waals surface area contributed by atoms with Crippen LogP contribution in [0.15, 0.2) is 18.2 Å². The molecule has 0 aliphatic carbocycles. The summed E-state index contributed by atoms with van der Waals surface area (Å²) < 4.78 is 39.8. The van der Waals surface area contributed by atoms with Crippen LogP contribution in [-0.4, -0.2) is 0 Å². The van der Waals surface area contributed by atoms with Gasteiger partial charge in [0.1, 0.15) is 0 Å². The molecule has 113 valence electrons. The van der Waals surface area contributed by atoms with E-state index in [2.05, 4.69) is 6.92 Å². The lowest BCUT2D eigenvalue weighted by Gasteiger charge is -2.25. The van der Waals surface area contributed by atoms with Crippen LogP contribution in [0.4, 0.5) is 13.2 Å². The van der Waals surface area contributed by atoms with Gasteiger partial charge in [-0.3, -0.25) is 0 Å². The molecular formula is C17H24F3. The number of halogens is 3. The fourth-order valence-electron chi connectivity index (χ4n) is 2.28. The summed E-state index contributed by atoms with van der Waals surface area (Å²) in [6, 6.07) is 4.76. The van der Waals surface area contributed by atoms with Crippen LogP contribution in [0.1, 0.15) is 70.6 Å². The predicted molar refractivity (Wildman–Crippen MR) is 77.7 cm³/mol. The fourth-order valence-corrected chi connectivity index (χ4v) is 2.28. The minimum atomic E-state index is -4.30. The van der Waals surface area contributed by atoms with E-state index in [-0.39, 0.29) is 0 Å². The van der Waals surface area contributed by atoms with E-state index in [9.17, 15) is 13.2 Å². The van der Waals surface area contributed by atoms with Gasteiger partial charge in [-0.15, -0.1) is 0 Å². The number of alkyl halides is 3. The first-order valence-electron chi connectivity index (χ1n) is 7.12. The molecule has 1 aromatic carbocycles. The van der Waals surface area contributed by atoms with Crippen molar-refractivity contribution in [3.63, 3.8) is 0 Å². The number of hydrogen-bond donors (Lipinski definition) is 0. The molecule has 0 heterocycles. The SMILES string of the molecule is CCCC[C](C)c1ccc(C(C)(C)C)c(C(F)(F)F)c1. The minimum absolute atomic E-state index is 0.358. The summed E-state index contributed by atoms with van der Waals surface area (Å²) >= 11 is 0. The Morgan fingerprint density at radius 2 is 1.65 bits per heavy atom. The minimum Gasteiger partial charge on any atom is -0.166 e. The maximum atomic E-state index is 13.3. The van der Waals surface area contributed by atoms with E-state index in [0.29, 0.717) is 11.1 Å². The Morgan fingerprint density at radius 3 is 2.10 bits per heavy atom. The van der Waals surface area contributed by atoms with Gasteiger partial charge in [-0.25, -0.2) is 0 Å². The Balaban J connectivity index is 3.22. The van der Waals surface area contributed by atoms with Gasteiger partial charge in [-0.05, 0) is 29.0 Å². The fraction of sp³-hybridized carbons (Fsp3) is 0.588. The summed E-state index contributed by atoms with van der Waals surface area (Å²) in [5.41, 5.74) is 0.0509. The molecule has 0 N–H and O–H groups in total. The molecule has 0 aromatic heterocycles. The average Bonchev–Trinajstić information content (AvgIpc) is 2.33. The van der Waals surface area contributed by atoms with Crippen LogP contribution in [0.2, 0.25) is 0 Å². The van der Waals surface area contributed by atoms with Crippen molar-refractivity contribution in [1.29, 1.82) is 0 Å². The number of benzene rings is 1. The third-order valence-electron chi connectivity index (χ3n) is 3.53. The van der Waals surface area contributed by atoms with Gasteiger partial charge in [-0.2, -0.15) is 13.2 Å². The molecule has 0 spiro atoms. The third-order valence-corrected chi connectivity index (χ3v) is 3.53. The standard InChI is InChI=1S/C17H24F3/c1-6-7-8-12(2)13-9-10-14(16(3,4)5)15(11-13)17(18,19)20/h9-11H,6-8H2,1-5H3. The van der Waals surface area contributed by atoms with Crippen molar-refractivity contribution in [3.8, 4) is 0 Å². The lowest BCUT2D eigenvalue weighted by Crippen LogP contribution is -2.20. The van der Waals surface area contributed by atoms with Crippen molar-refractivity contribution in [2.45, 2.75) is 65.5 Å². The summed E-state index contributed by atoms with van der Waals surface area (Å²) in [5.74, 6) is 1.03. The molecular weight excluding hydrogens is 261 g/mol. The largest absolute Gasteiger partial charge is 0.416 e. The summed E-state index contributed by atoms with van der Waals surface area (Å²) in [7, 11) is 0. The van der Waals surface area contributed by atoms with E-state index in [1.54, 1.807) is 6.07 Å². The van der Waals surface area contributed by atoms with E-state index in [4.69, 9.17) is 0 Å². The van der Waals surface area contributed by atoms with Crippen molar-refractivity contribution in [2.24, 2.45) is 0 Å². The van der Waals surface area contributed by atoms with E-state index < -0.39 is 17.2 Å². The summed E-state index contributed by atoms with van der Waals surface area (Å²) in [4.78, 5) is 0. The monoisotopic (exact) mass is 285 g/mol. The van der Waals surface area contributed by atoms with Gasteiger partial charge >= 0.3 is 6.18 Å². The first-order chi connectivity index (χ1) is 9.07. The van der Waals surface area contributed by atoms with Gasteiger partial charge in [0.25, 0.3) is 0 Å². The topological polar surface area (TPSA) is 0 Å². The Hall–Kier alpha value is -0.990. The number of rotatable bonds is 4. The van der Waals surface area contributed by atoms with Crippen LogP contribution < -0.4 is 0 Å². The second-order valence-electron chi connectivity index (χ2n) is 6.39. The molecule has 0 amide bonds. The van der Waals surface area contributed by atoms with Crippen LogP contribution in [0, 0.1) is 5.92 Å². The lowest BCUT2D eigenvalue weighted by molar-refractivity contribution is -0.138. The molecule has 0 bridgehead atoms. The van der Waals surface area contributed by atoms with Crippen molar-refractivity contribution >= 4 is 0 Å². The van der Waals surface area contributed by atoms with Crippen LogP contribution in [0.25, 0.3) is 0 Å². The Bertz CT molecular complexity index is 439. The molecule has 3 heteroatoms.